The molecule has 1 radical (unpaired) electrons. The Morgan fingerprint density at radius 2 is 2.20 bits per heavy atom. The van der Waals surface area contributed by atoms with Crippen LogP contribution in [0, 0.1) is 18.8 Å². The Labute approximate surface area is 64.3 Å². The first-order valence-corrected chi connectivity index (χ1v) is 4.29. The van der Waals surface area contributed by atoms with Crippen molar-refractivity contribution in [3.63, 3.8) is 0 Å². The van der Waals surface area contributed by atoms with Gasteiger partial charge >= 0.3 is 0 Å². The van der Waals surface area contributed by atoms with Crippen molar-refractivity contribution in [3.8, 4) is 0 Å². The van der Waals surface area contributed by atoms with Crippen molar-refractivity contribution in [2.75, 3.05) is 0 Å². The minimum Gasteiger partial charge on any atom is -0.0880 e. The Morgan fingerprint density at radius 1 is 1.40 bits per heavy atom. The molecule has 0 nitrogen and oxygen atoms in total. The summed E-state index contributed by atoms with van der Waals surface area (Å²) in [5.74, 6) is 1.47. The van der Waals surface area contributed by atoms with Crippen LogP contribution in [0.3, 0.4) is 0 Å². The molecule has 0 spiro atoms. The van der Waals surface area contributed by atoms with Gasteiger partial charge in [0.2, 0.25) is 0 Å². The highest BCUT2D eigenvalue weighted by atomic mass is 14.1. The van der Waals surface area contributed by atoms with Gasteiger partial charge in [0.05, 0.1) is 0 Å². The maximum atomic E-state index is 4.04. The molecule has 1 rings (SSSR count). The Hall–Kier alpha value is -0.260. The fourth-order valence-corrected chi connectivity index (χ4v) is 1.45. The summed E-state index contributed by atoms with van der Waals surface area (Å²) in [6.45, 7) is 6.36. The van der Waals surface area contributed by atoms with Crippen molar-refractivity contribution in [1.29, 1.82) is 0 Å². The van der Waals surface area contributed by atoms with E-state index in [1.54, 1.807) is 0 Å². The van der Waals surface area contributed by atoms with Gasteiger partial charge in [0, 0.05) is 0 Å². The van der Waals surface area contributed by atoms with E-state index in [-0.39, 0.29) is 0 Å². The monoisotopic (exact) mass is 137 g/mol. The second-order valence-electron chi connectivity index (χ2n) is 3.46. The Bertz CT molecular complexity index is 113. The highest BCUT2D eigenvalue weighted by Crippen LogP contribution is 2.19. The van der Waals surface area contributed by atoms with Crippen molar-refractivity contribution < 1.29 is 0 Å². The van der Waals surface area contributed by atoms with Gasteiger partial charge in [0.1, 0.15) is 0 Å². The van der Waals surface area contributed by atoms with E-state index in [0.29, 0.717) is 5.92 Å². The summed E-state index contributed by atoms with van der Waals surface area (Å²) in [7, 11) is 0. The molecule has 0 saturated heterocycles. The summed E-state index contributed by atoms with van der Waals surface area (Å²) in [5.41, 5.74) is 0. The molecule has 0 heterocycles. The molecule has 2 atom stereocenters. The van der Waals surface area contributed by atoms with Crippen LogP contribution in [0.25, 0.3) is 0 Å². The smallest absolute Gasteiger partial charge is 0.0233 e. The molecule has 0 aromatic rings. The summed E-state index contributed by atoms with van der Waals surface area (Å²) < 4.78 is 0. The lowest BCUT2D eigenvalue weighted by Gasteiger charge is -2.14. The van der Waals surface area contributed by atoms with Gasteiger partial charge in [-0.05, 0) is 31.6 Å². The lowest BCUT2D eigenvalue weighted by Crippen LogP contribution is -1.99. The summed E-state index contributed by atoms with van der Waals surface area (Å²) in [5, 5.41) is 0. The molecule has 0 amide bonds. The fraction of sp³-hybridized carbons (Fsp3) is 0.700. The average Bonchev–Trinajstić information content (AvgIpc) is 1.84. The number of rotatable bonds is 0. The van der Waals surface area contributed by atoms with Crippen molar-refractivity contribution in [2.45, 2.75) is 32.6 Å². The molecule has 0 bridgehead atoms. The summed E-state index contributed by atoms with van der Waals surface area (Å²) in [6.07, 6.45) is 9.83. The molecule has 1 aliphatic carbocycles. The van der Waals surface area contributed by atoms with Crippen LogP contribution in [-0.2, 0) is 0 Å². The van der Waals surface area contributed by atoms with E-state index < -0.39 is 0 Å². The van der Waals surface area contributed by atoms with Crippen LogP contribution in [-0.4, -0.2) is 0 Å². The van der Waals surface area contributed by atoms with Crippen molar-refractivity contribution in [2.24, 2.45) is 11.8 Å². The zero-order chi connectivity index (χ0) is 7.40. The molecule has 10 heavy (non-hydrogen) atoms. The topological polar surface area (TPSA) is 0 Å². The highest BCUT2D eigenvalue weighted by Gasteiger charge is 2.05. The van der Waals surface area contributed by atoms with Gasteiger partial charge < -0.3 is 0 Å². The quantitative estimate of drug-likeness (QED) is 0.450. The van der Waals surface area contributed by atoms with Gasteiger partial charge in [-0.2, -0.15) is 0 Å². The largest absolute Gasteiger partial charge is 0.0880 e. The van der Waals surface area contributed by atoms with Crippen LogP contribution in [0.15, 0.2) is 12.2 Å². The fourth-order valence-electron chi connectivity index (χ4n) is 1.45. The minimum absolute atomic E-state index is 0.576. The normalized spacial score (nSPS) is 35.0. The molecule has 0 saturated carbocycles. The molecule has 2 unspecified atom stereocenters. The first-order chi connectivity index (χ1) is 4.79. The summed E-state index contributed by atoms with van der Waals surface area (Å²) in [4.78, 5) is 0. The molecular weight excluding hydrogens is 120 g/mol. The maximum Gasteiger partial charge on any atom is -0.0233 e. The van der Waals surface area contributed by atoms with Crippen LogP contribution in [0.5, 0.6) is 0 Å². The van der Waals surface area contributed by atoms with E-state index in [1.807, 2.05) is 0 Å². The first kappa shape index (κ1) is 7.84. The molecule has 0 aromatic carbocycles. The number of hydrogen-bond donors (Lipinski definition) is 0. The standard InChI is InChI=1S/C10H17/c1-9-5-3-7-10(2)8-4-6-9/h3,5,9-10H,1,4,6-8H2,2H3. The van der Waals surface area contributed by atoms with E-state index in [4.69, 9.17) is 0 Å². The van der Waals surface area contributed by atoms with E-state index >= 15 is 0 Å². The zero-order valence-corrected chi connectivity index (χ0v) is 6.84. The average molecular weight is 137 g/mol. The molecule has 57 valence electrons. The van der Waals surface area contributed by atoms with Crippen LogP contribution in [0.2, 0.25) is 0 Å². The van der Waals surface area contributed by atoms with Gasteiger partial charge in [-0.3, -0.25) is 0 Å². The highest BCUT2D eigenvalue weighted by molar-refractivity contribution is 4.92. The lowest BCUT2D eigenvalue weighted by atomic mass is 9.92. The van der Waals surface area contributed by atoms with Gasteiger partial charge in [-0.1, -0.05) is 31.9 Å². The van der Waals surface area contributed by atoms with Gasteiger partial charge in [-0.15, -0.1) is 0 Å². The van der Waals surface area contributed by atoms with Crippen LogP contribution in [0.1, 0.15) is 32.6 Å². The van der Waals surface area contributed by atoms with Crippen molar-refractivity contribution >= 4 is 0 Å². The van der Waals surface area contributed by atoms with Gasteiger partial charge in [0.15, 0.2) is 0 Å². The lowest BCUT2D eigenvalue weighted by molar-refractivity contribution is 0.473. The van der Waals surface area contributed by atoms with E-state index in [2.05, 4.69) is 26.0 Å². The summed E-state index contributed by atoms with van der Waals surface area (Å²) >= 11 is 0. The van der Waals surface area contributed by atoms with Gasteiger partial charge in [0.25, 0.3) is 0 Å². The zero-order valence-electron chi connectivity index (χ0n) is 6.84. The van der Waals surface area contributed by atoms with E-state index in [0.717, 1.165) is 5.92 Å². The molecule has 0 fully saturated rings. The maximum absolute atomic E-state index is 4.04. The first-order valence-electron chi connectivity index (χ1n) is 4.29. The third-order valence-corrected chi connectivity index (χ3v) is 2.22. The van der Waals surface area contributed by atoms with Crippen LogP contribution < -0.4 is 0 Å². The van der Waals surface area contributed by atoms with Crippen LogP contribution in [0.4, 0.5) is 0 Å². The Morgan fingerprint density at radius 3 is 3.00 bits per heavy atom. The summed E-state index contributed by atoms with van der Waals surface area (Å²) in [6, 6.07) is 0. The van der Waals surface area contributed by atoms with Crippen LogP contribution >= 0.6 is 0 Å². The van der Waals surface area contributed by atoms with E-state index in [9.17, 15) is 0 Å². The Balaban J connectivity index is 2.38. The predicted octanol–water partition coefficient (Wildman–Crippen LogP) is 3.20. The molecule has 0 N–H and O–H groups in total. The SMILES string of the molecule is [CH2]C1C=CCC(C)CCC1. The third-order valence-electron chi connectivity index (χ3n) is 2.22. The number of hydrogen-bond acceptors (Lipinski definition) is 0. The van der Waals surface area contributed by atoms with Crippen molar-refractivity contribution in [1.82, 2.24) is 0 Å². The Kier molecular flexibility index (Phi) is 2.98. The molecule has 0 aliphatic heterocycles. The molecular formula is C10H17. The predicted molar refractivity (Wildman–Crippen MR) is 45.6 cm³/mol. The second kappa shape index (κ2) is 3.80. The number of allylic oxidation sites excluding steroid dienone is 2. The van der Waals surface area contributed by atoms with E-state index in [1.165, 1.54) is 25.7 Å². The molecule has 0 aromatic heterocycles. The third kappa shape index (κ3) is 2.55. The molecule has 1 aliphatic rings. The molecule has 0 heteroatoms. The minimum atomic E-state index is 0.576. The second-order valence-corrected chi connectivity index (χ2v) is 3.46. The van der Waals surface area contributed by atoms with Gasteiger partial charge in [-0.25, -0.2) is 0 Å². The van der Waals surface area contributed by atoms with Crippen molar-refractivity contribution in [3.05, 3.63) is 19.1 Å².